The number of hydrazine groups is 1. The van der Waals surface area contributed by atoms with E-state index >= 15 is 0 Å². The second-order valence-corrected chi connectivity index (χ2v) is 6.73. The van der Waals surface area contributed by atoms with Crippen LogP contribution < -0.4 is 31.0 Å². The van der Waals surface area contributed by atoms with E-state index in [4.69, 9.17) is 21.7 Å². The summed E-state index contributed by atoms with van der Waals surface area (Å²) < 4.78 is 10.4. The van der Waals surface area contributed by atoms with E-state index in [9.17, 15) is 14.4 Å². The zero-order valence-corrected chi connectivity index (χ0v) is 18.7. The van der Waals surface area contributed by atoms with E-state index in [-0.39, 0.29) is 11.0 Å². The average molecular weight is 457 g/mol. The SMILES string of the molecule is CCC(=O)Nc1ccc(C(=O)NNC(=S)NC(=O)/C=C/c2ccc(OC)c(OC)c2)cc1. The van der Waals surface area contributed by atoms with Gasteiger partial charge in [-0.3, -0.25) is 30.6 Å². The number of benzene rings is 2. The van der Waals surface area contributed by atoms with Gasteiger partial charge >= 0.3 is 0 Å². The molecule has 0 radical (unpaired) electrons. The fourth-order valence-corrected chi connectivity index (χ4v) is 2.60. The summed E-state index contributed by atoms with van der Waals surface area (Å²) in [6.45, 7) is 1.75. The maximum absolute atomic E-state index is 12.2. The Labute approximate surface area is 191 Å². The molecule has 2 rings (SSSR count). The first-order valence-electron chi connectivity index (χ1n) is 9.57. The highest BCUT2D eigenvalue weighted by Gasteiger charge is 2.08. The van der Waals surface area contributed by atoms with Crippen molar-refractivity contribution in [2.75, 3.05) is 19.5 Å². The molecule has 0 atom stereocenters. The average Bonchev–Trinajstić information content (AvgIpc) is 2.81. The number of thiocarbonyl (C=S) groups is 1. The van der Waals surface area contributed by atoms with Crippen LogP contribution in [0, 0.1) is 0 Å². The molecule has 0 bridgehead atoms. The number of nitrogens with one attached hydrogen (secondary N) is 4. The van der Waals surface area contributed by atoms with Crippen LogP contribution in [0.2, 0.25) is 0 Å². The Hall–Kier alpha value is -3.92. The minimum Gasteiger partial charge on any atom is -0.493 e. The van der Waals surface area contributed by atoms with Gasteiger partial charge in [-0.25, -0.2) is 0 Å². The van der Waals surface area contributed by atoms with Crippen LogP contribution in [0.15, 0.2) is 48.5 Å². The van der Waals surface area contributed by atoms with Gasteiger partial charge in [0.1, 0.15) is 0 Å². The highest BCUT2D eigenvalue weighted by Crippen LogP contribution is 2.27. The molecule has 0 spiro atoms. The van der Waals surface area contributed by atoms with Crippen molar-refractivity contribution >= 4 is 46.8 Å². The van der Waals surface area contributed by atoms with Gasteiger partial charge in [-0.1, -0.05) is 13.0 Å². The van der Waals surface area contributed by atoms with Crippen LogP contribution in [0.4, 0.5) is 5.69 Å². The summed E-state index contributed by atoms with van der Waals surface area (Å²) in [7, 11) is 3.06. The number of methoxy groups -OCH3 is 2. The van der Waals surface area contributed by atoms with Crippen LogP contribution in [-0.2, 0) is 9.59 Å². The van der Waals surface area contributed by atoms with Gasteiger partial charge in [-0.15, -0.1) is 0 Å². The number of hydrogen-bond donors (Lipinski definition) is 4. The summed E-state index contributed by atoms with van der Waals surface area (Å²) in [6.07, 6.45) is 3.23. The molecule has 0 saturated heterocycles. The summed E-state index contributed by atoms with van der Waals surface area (Å²) in [4.78, 5) is 35.6. The van der Waals surface area contributed by atoms with E-state index in [0.29, 0.717) is 29.2 Å². The van der Waals surface area contributed by atoms with Gasteiger partial charge in [0.25, 0.3) is 5.91 Å². The molecule has 10 heteroatoms. The Bertz CT molecular complexity index is 1020. The number of amides is 3. The predicted octanol–water partition coefficient (Wildman–Crippen LogP) is 2.40. The Morgan fingerprint density at radius 2 is 1.66 bits per heavy atom. The second kappa shape index (κ2) is 12.1. The standard InChI is InChI=1S/C22H24N4O5S/c1-4-19(27)23-16-9-7-15(8-10-16)21(29)25-26-22(32)24-20(28)12-6-14-5-11-17(30-2)18(13-14)31-3/h5-13H,4H2,1-3H3,(H,23,27)(H,25,29)(H2,24,26,28,32)/b12-6+. The summed E-state index contributed by atoms with van der Waals surface area (Å²) in [5.41, 5.74) is 6.51. The molecule has 168 valence electrons. The van der Waals surface area contributed by atoms with E-state index in [0.717, 1.165) is 5.56 Å². The second-order valence-electron chi connectivity index (χ2n) is 6.32. The third-order valence-electron chi connectivity index (χ3n) is 4.11. The van der Waals surface area contributed by atoms with Crippen molar-refractivity contribution in [1.29, 1.82) is 0 Å². The predicted molar refractivity (Wildman–Crippen MR) is 125 cm³/mol. The summed E-state index contributed by atoms with van der Waals surface area (Å²) >= 11 is 5.01. The molecular formula is C22H24N4O5S. The topological polar surface area (TPSA) is 118 Å². The first-order valence-corrected chi connectivity index (χ1v) is 9.98. The molecular weight excluding hydrogens is 432 g/mol. The van der Waals surface area contributed by atoms with Gasteiger partial charge < -0.3 is 14.8 Å². The molecule has 4 N–H and O–H groups in total. The highest BCUT2D eigenvalue weighted by atomic mass is 32.1. The monoisotopic (exact) mass is 456 g/mol. The zero-order valence-electron chi connectivity index (χ0n) is 17.9. The lowest BCUT2D eigenvalue weighted by atomic mass is 10.2. The molecule has 32 heavy (non-hydrogen) atoms. The zero-order chi connectivity index (χ0) is 23.5. The lowest BCUT2D eigenvalue weighted by molar-refractivity contribution is -0.116. The minimum absolute atomic E-state index is 0.0767. The molecule has 2 aromatic carbocycles. The molecule has 9 nitrogen and oxygen atoms in total. The number of carbonyl (C=O) groups is 3. The Kier molecular flexibility index (Phi) is 9.18. The highest BCUT2D eigenvalue weighted by molar-refractivity contribution is 7.80. The van der Waals surface area contributed by atoms with E-state index in [2.05, 4.69) is 21.5 Å². The third-order valence-corrected chi connectivity index (χ3v) is 4.32. The molecule has 0 aliphatic carbocycles. The molecule has 0 saturated carbocycles. The van der Waals surface area contributed by atoms with Crippen LogP contribution in [-0.4, -0.2) is 37.1 Å². The van der Waals surface area contributed by atoms with E-state index in [1.807, 2.05) is 0 Å². The van der Waals surface area contributed by atoms with Gasteiger partial charge in [-0.05, 0) is 60.3 Å². The quantitative estimate of drug-likeness (QED) is 0.287. The Morgan fingerprint density at radius 1 is 0.969 bits per heavy atom. The van der Waals surface area contributed by atoms with Crippen LogP contribution in [0.1, 0.15) is 29.3 Å². The van der Waals surface area contributed by atoms with Crippen LogP contribution >= 0.6 is 12.2 Å². The lowest BCUT2D eigenvalue weighted by Crippen LogP contribution is -2.48. The summed E-state index contributed by atoms with van der Waals surface area (Å²) in [5.74, 6) is 0.0508. The molecule has 0 aliphatic rings. The molecule has 0 fully saturated rings. The maximum atomic E-state index is 12.2. The maximum Gasteiger partial charge on any atom is 0.269 e. The fourth-order valence-electron chi connectivity index (χ4n) is 2.45. The van der Waals surface area contributed by atoms with Gasteiger partial charge in [0, 0.05) is 23.7 Å². The van der Waals surface area contributed by atoms with Crippen molar-refractivity contribution in [2.45, 2.75) is 13.3 Å². The van der Waals surface area contributed by atoms with Crippen molar-refractivity contribution in [2.24, 2.45) is 0 Å². The van der Waals surface area contributed by atoms with Crippen molar-refractivity contribution in [3.05, 3.63) is 59.7 Å². The fraction of sp³-hybridized carbons (Fsp3) is 0.182. The van der Waals surface area contributed by atoms with E-state index in [1.165, 1.54) is 20.3 Å². The largest absolute Gasteiger partial charge is 0.493 e. The molecule has 0 heterocycles. The van der Waals surface area contributed by atoms with Crippen molar-refractivity contribution in [3.8, 4) is 11.5 Å². The summed E-state index contributed by atoms with van der Waals surface area (Å²) in [5, 5.41) is 5.04. The van der Waals surface area contributed by atoms with Gasteiger partial charge in [0.15, 0.2) is 16.6 Å². The van der Waals surface area contributed by atoms with Crippen LogP contribution in [0.5, 0.6) is 11.5 Å². The normalized spacial score (nSPS) is 10.2. The minimum atomic E-state index is -0.484. The van der Waals surface area contributed by atoms with Crippen molar-refractivity contribution in [3.63, 3.8) is 0 Å². The number of ether oxygens (including phenoxy) is 2. The number of anilines is 1. The van der Waals surface area contributed by atoms with E-state index in [1.54, 1.807) is 55.5 Å². The third kappa shape index (κ3) is 7.40. The van der Waals surface area contributed by atoms with Crippen LogP contribution in [0.3, 0.4) is 0 Å². The number of rotatable bonds is 7. The number of carbonyl (C=O) groups excluding carboxylic acids is 3. The molecule has 3 amide bonds. The Balaban J connectivity index is 1.83. The first kappa shape index (κ1) is 24.4. The smallest absolute Gasteiger partial charge is 0.269 e. The lowest BCUT2D eigenvalue weighted by Gasteiger charge is -2.10. The van der Waals surface area contributed by atoms with Crippen molar-refractivity contribution < 1.29 is 23.9 Å². The summed E-state index contributed by atoms with van der Waals surface area (Å²) in [6, 6.07) is 11.5. The molecule has 2 aromatic rings. The first-order chi connectivity index (χ1) is 15.4. The van der Waals surface area contributed by atoms with Gasteiger partial charge in [0.05, 0.1) is 14.2 Å². The Morgan fingerprint density at radius 3 is 2.28 bits per heavy atom. The molecule has 0 aromatic heterocycles. The van der Waals surface area contributed by atoms with Crippen molar-refractivity contribution in [1.82, 2.24) is 16.2 Å². The number of hydrogen-bond acceptors (Lipinski definition) is 6. The van der Waals surface area contributed by atoms with Gasteiger partial charge in [-0.2, -0.15) is 0 Å². The van der Waals surface area contributed by atoms with Crippen LogP contribution in [0.25, 0.3) is 6.08 Å². The van der Waals surface area contributed by atoms with Gasteiger partial charge in [0.2, 0.25) is 11.8 Å². The molecule has 0 aliphatic heterocycles. The van der Waals surface area contributed by atoms with E-state index < -0.39 is 11.8 Å². The molecule has 0 unspecified atom stereocenters.